The summed E-state index contributed by atoms with van der Waals surface area (Å²) in [6, 6.07) is 3.89. The number of aryl methyl sites for hydroxylation is 1. The molecule has 0 saturated carbocycles. The summed E-state index contributed by atoms with van der Waals surface area (Å²) in [6.07, 6.45) is 3.82. The van der Waals surface area contributed by atoms with Gasteiger partial charge in [0, 0.05) is 51.2 Å². The van der Waals surface area contributed by atoms with Crippen LogP contribution in [0.4, 0.5) is 10.9 Å². The van der Waals surface area contributed by atoms with Crippen LogP contribution in [0.1, 0.15) is 19.2 Å². The molecule has 3 rings (SSSR count). The molecule has 0 aromatic carbocycles. The summed E-state index contributed by atoms with van der Waals surface area (Å²) in [5.41, 5.74) is 0. The standard InChI is InChI=1S/C15H21N5OS/c1-4-13-17-15(22-18-13)20-9-7-11(10-20)21-12-6-5-8-16-14(12)19(2)3/h5-6,8,11H,4,7,9-10H2,1-3H3/t11-/m1/s1. The molecule has 0 aliphatic carbocycles. The highest BCUT2D eigenvalue weighted by Gasteiger charge is 2.27. The monoisotopic (exact) mass is 319 g/mol. The third-order valence-corrected chi connectivity index (χ3v) is 4.47. The summed E-state index contributed by atoms with van der Waals surface area (Å²) >= 11 is 1.48. The number of pyridine rings is 1. The Morgan fingerprint density at radius 3 is 3.05 bits per heavy atom. The third kappa shape index (κ3) is 3.14. The van der Waals surface area contributed by atoms with E-state index in [1.54, 1.807) is 6.20 Å². The smallest absolute Gasteiger partial charge is 0.205 e. The summed E-state index contributed by atoms with van der Waals surface area (Å²) in [7, 11) is 3.95. The molecule has 1 aliphatic rings. The van der Waals surface area contributed by atoms with Gasteiger partial charge in [-0.3, -0.25) is 0 Å². The van der Waals surface area contributed by atoms with E-state index in [0.29, 0.717) is 0 Å². The predicted molar refractivity (Wildman–Crippen MR) is 89.1 cm³/mol. The zero-order valence-electron chi connectivity index (χ0n) is 13.2. The average molecular weight is 319 g/mol. The summed E-state index contributed by atoms with van der Waals surface area (Å²) in [5.74, 6) is 2.63. The Hall–Kier alpha value is -1.89. The zero-order chi connectivity index (χ0) is 15.5. The molecule has 1 aliphatic heterocycles. The molecular formula is C15H21N5OS. The fourth-order valence-corrected chi connectivity index (χ4v) is 3.29. The Labute approximate surface area is 134 Å². The van der Waals surface area contributed by atoms with Gasteiger partial charge in [0.1, 0.15) is 11.9 Å². The molecule has 118 valence electrons. The number of aromatic nitrogens is 3. The van der Waals surface area contributed by atoms with E-state index >= 15 is 0 Å². The number of hydrogen-bond donors (Lipinski definition) is 0. The molecule has 1 atom stereocenters. The number of nitrogens with zero attached hydrogens (tertiary/aromatic N) is 5. The van der Waals surface area contributed by atoms with Crippen molar-refractivity contribution in [1.29, 1.82) is 0 Å². The van der Waals surface area contributed by atoms with E-state index in [-0.39, 0.29) is 6.10 Å². The summed E-state index contributed by atoms with van der Waals surface area (Å²) in [5, 5.41) is 1.00. The van der Waals surface area contributed by atoms with Crippen molar-refractivity contribution in [3.63, 3.8) is 0 Å². The first-order valence-electron chi connectivity index (χ1n) is 7.54. The molecule has 0 amide bonds. The Balaban J connectivity index is 1.66. The van der Waals surface area contributed by atoms with Gasteiger partial charge in [-0.25, -0.2) is 9.97 Å². The predicted octanol–water partition coefficient (Wildman–Crippen LogP) is 2.22. The van der Waals surface area contributed by atoms with Gasteiger partial charge < -0.3 is 14.5 Å². The maximum atomic E-state index is 6.16. The van der Waals surface area contributed by atoms with E-state index in [0.717, 1.165) is 48.5 Å². The van der Waals surface area contributed by atoms with Crippen LogP contribution in [0.5, 0.6) is 5.75 Å². The van der Waals surface area contributed by atoms with Crippen molar-refractivity contribution in [3.8, 4) is 5.75 Å². The Morgan fingerprint density at radius 2 is 2.32 bits per heavy atom. The Morgan fingerprint density at radius 1 is 1.45 bits per heavy atom. The first-order valence-corrected chi connectivity index (χ1v) is 8.31. The summed E-state index contributed by atoms with van der Waals surface area (Å²) in [6.45, 7) is 3.88. The van der Waals surface area contributed by atoms with Crippen LogP contribution >= 0.6 is 11.5 Å². The van der Waals surface area contributed by atoms with Gasteiger partial charge in [-0.1, -0.05) is 6.92 Å². The first kappa shape index (κ1) is 15.0. The van der Waals surface area contributed by atoms with Gasteiger partial charge in [0.05, 0.1) is 6.54 Å². The van der Waals surface area contributed by atoms with E-state index in [9.17, 15) is 0 Å². The maximum absolute atomic E-state index is 6.16. The second-order valence-electron chi connectivity index (χ2n) is 5.54. The molecule has 22 heavy (non-hydrogen) atoms. The van der Waals surface area contributed by atoms with Crippen LogP contribution in [0.25, 0.3) is 0 Å². The number of ether oxygens (including phenoxy) is 1. The van der Waals surface area contributed by atoms with E-state index in [2.05, 4.69) is 26.2 Å². The second kappa shape index (κ2) is 6.48. The lowest BCUT2D eigenvalue weighted by atomic mass is 10.3. The molecule has 2 aromatic rings. The molecule has 0 bridgehead atoms. The molecule has 0 N–H and O–H groups in total. The largest absolute Gasteiger partial charge is 0.485 e. The molecule has 0 spiro atoms. The lowest BCUT2D eigenvalue weighted by molar-refractivity contribution is 0.225. The van der Waals surface area contributed by atoms with Crippen LogP contribution in [-0.2, 0) is 6.42 Å². The minimum atomic E-state index is 0.164. The number of rotatable bonds is 5. The van der Waals surface area contributed by atoms with Gasteiger partial charge >= 0.3 is 0 Å². The van der Waals surface area contributed by atoms with Gasteiger partial charge in [0.2, 0.25) is 5.13 Å². The van der Waals surface area contributed by atoms with Crippen molar-refractivity contribution >= 4 is 22.5 Å². The van der Waals surface area contributed by atoms with Crippen molar-refractivity contribution in [1.82, 2.24) is 14.3 Å². The van der Waals surface area contributed by atoms with E-state index in [4.69, 9.17) is 4.74 Å². The summed E-state index contributed by atoms with van der Waals surface area (Å²) < 4.78 is 10.5. The molecule has 0 unspecified atom stereocenters. The molecular weight excluding hydrogens is 298 g/mol. The van der Waals surface area contributed by atoms with Gasteiger partial charge in [-0.2, -0.15) is 4.37 Å². The lowest BCUT2D eigenvalue weighted by Gasteiger charge is -2.20. The molecule has 1 saturated heterocycles. The number of hydrogen-bond acceptors (Lipinski definition) is 7. The van der Waals surface area contributed by atoms with Crippen LogP contribution in [0, 0.1) is 0 Å². The fraction of sp³-hybridized carbons (Fsp3) is 0.533. The quantitative estimate of drug-likeness (QED) is 0.842. The van der Waals surface area contributed by atoms with Crippen LogP contribution in [-0.4, -0.2) is 47.6 Å². The third-order valence-electron chi connectivity index (χ3n) is 3.66. The molecule has 3 heterocycles. The van der Waals surface area contributed by atoms with Crippen LogP contribution in [0.3, 0.4) is 0 Å². The van der Waals surface area contributed by atoms with Crippen molar-refractivity contribution in [2.75, 3.05) is 37.0 Å². The lowest BCUT2D eigenvalue weighted by Crippen LogP contribution is -2.25. The Kier molecular flexibility index (Phi) is 4.42. The van der Waals surface area contributed by atoms with E-state index < -0.39 is 0 Å². The van der Waals surface area contributed by atoms with Crippen LogP contribution in [0.2, 0.25) is 0 Å². The normalized spacial score (nSPS) is 17.8. The molecule has 2 aromatic heterocycles. The topological polar surface area (TPSA) is 54.4 Å². The van der Waals surface area contributed by atoms with Crippen LogP contribution < -0.4 is 14.5 Å². The maximum Gasteiger partial charge on any atom is 0.205 e. The van der Waals surface area contributed by atoms with Gasteiger partial charge in [-0.05, 0) is 12.1 Å². The van der Waals surface area contributed by atoms with Crippen LogP contribution in [0.15, 0.2) is 18.3 Å². The Bertz CT molecular complexity index is 630. The fourth-order valence-electron chi connectivity index (χ4n) is 2.50. The van der Waals surface area contributed by atoms with Gasteiger partial charge in [-0.15, -0.1) is 0 Å². The highest BCUT2D eigenvalue weighted by molar-refractivity contribution is 7.09. The van der Waals surface area contributed by atoms with Crippen molar-refractivity contribution in [2.45, 2.75) is 25.9 Å². The average Bonchev–Trinajstić information content (AvgIpc) is 3.16. The minimum absolute atomic E-state index is 0.164. The van der Waals surface area contributed by atoms with Gasteiger partial charge in [0.25, 0.3) is 0 Å². The molecule has 1 fully saturated rings. The highest BCUT2D eigenvalue weighted by atomic mass is 32.1. The zero-order valence-corrected chi connectivity index (χ0v) is 14.0. The first-order chi connectivity index (χ1) is 10.7. The summed E-state index contributed by atoms with van der Waals surface area (Å²) in [4.78, 5) is 13.2. The van der Waals surface area contributed by atoms with Crippen molar-refractivity contribution < 1.29 is 4.74 Å². The molecule has 0 radical (unpaired) electrons. The van der Waals surface area contributed by atoms with Crippen molar-refractivity contribution in [3.05, 3.63) is 24.2 Å². The van der Waals surface area contributed by atoms with E-state index in [1.165, 1.54) is 11.5 Å². The minimum Gasteiger partial charge on any atom is -0.485 e. The van der Waals surface area contributed by atoms with Crippen molar-refractivity contribution in [2.24, 2.45) is 0 Å². The van der Waals surface area contributed by atoms with E-state index in [1.807, 2.05) is 31.1 Å². The molecule has 7 heteroatoms. The highest BCUT2D eigenvalue weighted by Crippen LogP contribution is 2.28. The molecule has 6 nitrogen and oxygen atoms in total. The second-order valence-corrected chi connectivity index (χ2v) is 6.27. The number of anilines is 2. The SMILES string of the molecule is CCc1nsc(N2CC[C@@H](Oc3cccnc3N(C)C)C2)n1. The van der Waals surface area contributed by atoms with Gasteiger partial charge in [0.15, 0.2) is 11.6 Å².